The van der Waals surface area contributed by atoms with E-state index in [-0.39, 0.29) is 17.4 Å². The second-order valence-corrected chi connectivity index (χ2v) is 7.09. The lowest BCUT2D eigenvalue weighted by Gasteiger charge is -2.08. The molecule has 28 heavy (non-hydrogen) atoms. The number of thiazole rings is 1. The molecular weight excluding hydrogens is 385 g/mol. The Hall–Kier alpha value is -2.81. The summed E-state index contributed by atoms with van der Waals surface area (Å²) in [4.78, 5) is 33.2. The molecule has 0 radical (unpaired) electrons. The van der Waals surface area contributed by atoms with Crippen LogP contribution >= 0.6 is 11.3 Å². The van der Waals surface area contributed by atoms with Crippen molar-refractivity contribution in [3.63, 3.8) is 0 Å². The van der Waals surface area contributed by atoms with Crippen molar-refractivity contribution in [1.82, 2.24) is 10.3 Å². The van der Waals surface area contributed by atoms with Crippen LogP contribution in [0.15, 0.2) is 34.8 Å². The number of hydrogen-bond donors (Lipinski definition) is 1. The van der Waals surface area contributed by atoms with Crippen LogP contribution < -0.4 is 5.32 Å². The normalized spacial score (nSPS) is 15.6. The zero-order chi connectivity index (χ0) is 19.9. The SMILES string of the molecule is CCOC(=O)c1csc(CCNC(=O)C2CC(Cc3ccc(F)cc3)=NO2)n1. The van der Waals surface area contributed by atoms with E-state index in [1.54, 1.807) is 24.4 Å². The van der Waals surface area contributed by atoms with Crippen LogP contribution in [-0.4, -0.2) is 41.8 Å². The van der Waals surface area contributed by atoms with Gasteiger partial charge in [-0.1, -0.05) is 17.3 Å². The Kier molecular flexibility index (Phi) is 6.70. The summed E-state index contributed by atoms with van der Waals surface area (Å²) < 4.78 is 17.8. The number of esters is 1. The van der Waals surface area contributed by atoms with Gasteiger partial charge in [0.1, 0.15) is 5.82 Å². The number of halogens is 1. The van der Waals surface area contributed by atoms with E-state index < -0.39 is 12.1 Å². The minimum Gasteiger partial charge on any atom is -0.461 e. The summed E-state index contributed by atoms with van der Waals surface area (Å²) in [6, 6.07) is 6.15. The molecule has 148 valence electrons. The van der Waals surface area contributed by atoms with Crippen LogP contribution in [0.5, 0.6) is 0 Å². The van der Waals surface area contributed by atoms with Crippen molar-refractivity contribution in [3.05, 3.63) is 51.7 Å². The molecule has 1 amide bonds. The summed E-state index contributed by atoms with van der Waals surface area (Å²) in [7, 11) is 0. The molecule has 1 aliphatic heterocycles. The zero-order valence-electron chi connectivity index (χ0n) is 15.3. The molecule has 0 bridgehead atoms. The fraction of sp³-hybridized carbons (Fsp3) is 0.368. The number of carbonyl (C=O) groups excluding carboxylic acids is 2. The monoisotopic (exact) mass is 405 g/mol. The fourth-order valence-corrected chi connectivity index (χ4v) is 3.41. The number of rotatable bonds is 8. The molecule has 1 aromatic carbocycles. The Balaban J connectivity index is 1.40. The van der Waals surface area contributed by atoms with Gasteiger partial charge in [-0.3, -0.25) is 4.79 Å². The van der Waals surface area contributed by atoms with Gasteiger partial charge in [0, 0.05) is 31.2 Å². The Bertz CT molecular complexity index is 866. The summed E-state index contributed by atoms with van der Waals surface area (Å²) in [5.41, 5.74) is 1.93. The molecule has 3 rings (SSSR count). The van der Waals surface area contributed by atoms with Crippen LogP contribution in [0.3, 0.4) is 0 Å². The van der Waals surface area contributed by atoms with Crippen LogP contribution in [0, 0.1) is 5.82 Å². The van der Waals surface area contributed by atoms with Crippen LogP contribution in [0.2, 0.25) is 0 Å². The summed E-state index contributed by atoms with van der Waals surface area (Å²) in [5.74, 6) is -0.987. The number of ether oxygens (including phenoxy) is 1. The predicted octanol–water partition coefficient (Wildman–Crippen LogP) is 2.51. The fourth-order valence-electron chi connectivity index (χ4n) is 2.64. The van der Waals surface area contributed by atoms with Gasteiger partial charge in [-0.05, 0) is 24.6 Å². The third-order valence-corrected chi connectivity index (χ3v) is 4.93. The van der Waals surface area contributed by atoms with Crippen molar-refractivity contribution in [3.8, 4) is 0 Å². The first-order valence-corrected chi connectivity index (χ1v) is 9.78. The van der Waals surface area contributed by atoms with E-state index in [1.807, 2.05) is 0 Å². The highest BCUT2D eigenvalue weighted by atomic mass is 32.1. The van der Waals surface area contributed by atoms with E-state index in [0.29, 0.717) is 32.4 Å². The number of nitrogens with zero attached hydrogens (tertiary/aromatic N) is 2. The first kappa shape index (κ1) is 19.9. The molecule has 1 aliphatic rings. The van der Waals surface area contributed by atoms with Crippen molar-refractivity contribution >= 4 is 28.9 Å². The Morgan fingerprint density at radius 2 is 2.14 bits per heavy atom. The van der Waals surface area contributed by atoms with Crippen molar-refractivity contribution in [2.24, 2.45) is 5.16 Å². The molecule has 1 aromatic heterocycles. The summed E-state index contributed by atoms with van der Waals surface area (Å²) in [6.45, 7) is 2.41. The zero-order valence-corrected chi connectivity index (χ0v) is 16.1. The molecule has 9 heteroatoms. The average molecular weight is 405 g/mol. The van der Waals surface area contributed by atoms with E-state index in [4.69, 9.17) is 9.57 Å². The molecule has 7 nitrogen and oxygen atoms in total. The van der Waals surface area contributed by atoms with Crippen LogP contribution in [-0.2, 0) is 27.2 Å². The Labute approximate surface area is 165 Å². The smallest absolute Gasteiger partial charge is 0.357 e. The molecule has 2 heterocycles. The topological polar surface area (TPSA) is 89.9 Å². The maximum Gasteiger partial charge on any atom is 0.357 e. The number of benzene rings is 1. The third kappa shape index (κ3) is 5.35. The summed E-state index contributed by atoms with van der Waals surface area (Å²) >= 11 is 1.35. The van der Waals surface area contributed by atoms with Gasteiger partial charge in [-0.2, -0.15) is 0 Å². The van der Waals surface area contributed by atoms with Crippen LogP contribution in [0.4, 0.5) is 4.39 Å². The molecule has 1 N–H and O–H groups in total. The van der Waals surface area contributed by atoms with Crippen molar-refractivity contribution < 1.29 is 23.6 Å². The number of carbonyl (C=O) groups is 2. The largest absolute Gasteiger partial charge is 0.461 e. The average Bonchev–Trinajstić information content (AvgIpc) is 3.33. The van der Waals surface area contributed by atoms with Gasteiger partial charge in [-0.15, -0.1) is 11.3 Å². The minimum absolute atomic E-state index is 0.250. The standard InChI is InChI=1S/C19H20FN3O4S/c1-2-26-19(25)15-11-28-17(22-15)7-8-21-18(24)16-10-14(23-27-16)9-12-3-5-13(20)6-4-12/h3-6,11,16H,2,7-10H2,1H3,(H,21,24). The highest BCUT2D eigenvalue weighted by Gasteiger charge is 2.27. The van der Waals surface area contributed by atoms with Crippen molar-refractivity contribution in [2.75, 3.05) is 13.2 Å². The molecule has 0 aliphatic carbocycles. The number of aromatic nitrogens is 1. The number of amides is 1. The molecule has 0 spiro atoms. The Morgan fingerprint density at radius 3 is 2.89 bits per heavy atom. The second-order valence-electron chi connectivity index (χ2n) is 6.15. The first-order valence-electron chi connectivity index (χ1n) is 8.90. The number of nitrogens with one attached hydrogen (secondary N) is 1. The van der Waals surface area contributed by atoms with Gasteiger partial charge in [0.25, 0.3) is 5.91 Å². The molecule has 0 saturated heterocycles. The number of oxime groups is 1. The lowest BCUT2D eigenvalue weighted by Crippen LogP contribution is -2.36. The van der Waals surface area contributed by atoms with E-state index >= 15 is 0 Å². The maximum atomic E-state index is 13.0. The van der Waals surface area contributed by atoms with Gasteiger partial charge in [0.15, 0.2) is 5.69 Å². The van der Waals surface area contributed by atoms with Gasteiger partial charge in [0.2, 0.25) is 6.10 Å². The molecule has 0 saturated carbocycles. The van der Waals surface area contributed by atoms with Crippen molar-refractivity contribution in [1.29, 1.82) is 0 Å². The van der Waals surface area contributed by atoms with E-state index in [2.05, 4.69) is 15.5 Å². The third-order valence-electron chi connectivity index (χ3n) is 4.02. The van der Waals surface area contributed by atoms with Gasteiger partial charge < -0.3 is 14.9 Å². The lowest BCUT2D eigenvalue weighted by molar-refractivity contribution is -0.131. The van der Waals surface area contributed by atoms with Gasteiger partial charge in [0.05, 0.1) is 17.3 Å². The van der Waals surface area contributed by atoms with Gasteiger partial charge in [-0.25, -0.2) is 14.2 Å². The van der Waals surface area contributed by atoms with Gasteiger partial charge >= 0.3 is 5.97 Å². The molecule has 1 unspecified atom stereocenters. The molecule has 0 fully saturated rings. The highest BCUT2D eigenvalue weighted by molar-refractivity contribution is 7.09. The Morgan fingerprint density at radius 1 is 1.36 bits per heavy atom. The summed E-state index contributed by atoms with van der Waals surface area (Å²) in [6.07, 6.45) is 0.751. The summed E-state index contributed by atoms with van der Waals surface area (Å²) in [5, 5.41) is 9.14. The van der Waals surface area contributed by atoms with Crippen LogP contribution in [0.1, 0.15) is 34.4 Å². The quantitative estimate of drug-likeness (QED) is 0.682. The maximum absolute atomic E-state index is 13.0. The van der Waals surface area contributed by atoms with Crippen molar-refractivity contribution in [2.45, 2.75) is 32.3 Å². The van der Waals surface area contributed by atoms with E-state index in [0.717, 1.165) is 16.3 Å². The lowest BCUT2D eigenvalue weighted by atomic mass is 10.0. The van der Waals surface area contributed by atoms with E-state index in [1.165, 1.54) is 23.5 Å². The molecular formula is C19H20FN3O4S. The minimum atomic E-state index is -0.665. The number of hydrogen-bond acceptors (Lipinski definition) is 7. The molecule has 1 atom stereocenters. The second kappa shape index (κ2) is 9.41. The van der Waals surface area contributed by atoms with E-state index in [9.17, 15) is 14.0 Å². The first-order chi connectivity index (χ1) is 13.5. The van der Waals surface area contributed by atoms with Crippen LogP contribution in [0.25, 0.3) is 0 Å². The predicted molar refractivity (Wildman–Crippen MR) is 102 cm³/mol. The molecule has 2 aromatic rings. The highest BCUT2D eigenvalue weighted by Crippen LogP contribution is 2.15.